The van der Waals surface area contributed by atoms with Crippen molar-refractivity contribution in [2.24, 2.45) is 23.7 Å². The molecule has 0 amide bonds. The molecule has 0 aliphatic heterocycles. The molecule has 0 aromatic heterocycles. The van der Waals surface area contributed by atoms with Crippen LogP contribution in [-0.2, 0) is 4.79 Å². The first-order chi connectivity index (χ1) is 5.70. The number of hydrogen-bond acceptors (Lipinski definition) is 1. The molecule has 2 aliphatic carbocycles. The van der Waals surface area contributed by atoms with Crippen molar-refractivity contribution in [3.63, 3.8) is 0 Å². The van der Waals surface area contributed by atoms with E-state index < -0.39 is 0 Å². The van der Waals surface area contributed by atoms with Gasteiger partial charge in [0.15, 0.2) is 0 Å². The Labute approximate surface area is 74.5 Å². The van der Waals surface area contributed by atoms with Crippen LogP contribution in [0.25, 0.3) is 0 Å². The number of Topliss-reactive ketones (excluding diaryl/α,β-unsaturated/α-hetero) is 1. The number of rotatable bonds is 0. The van der Waals surface area contributed by atoms with Crippen molar-refractivity contribution >= 4 is 5.78 Å². The molecule has 0 unspecified atom stereocenters. The van der Waals surface area contributed by atoms with Crippen LogP contribution in [0.3, 0.4) is 0 Å². The molecule has 12 heavy (non-hydrogen) atoms. The maximum atomic E-state index is 11.6. The highest BCUT2D eigenvalue weighted by Crippen LogP contribution is 2.46. The monoisotopic (exact) mass is 166 g/mol. The summed E-state index contributed by atoms with van der Waals surface area (Å²) in [7, 11) is 0. The molecular weight excluding hydrogens is 148 g/mol. The van der Waals surface area contributed by atoms with Crippen molar-refractivity contribution in [1.82, 2.24) is 0 Å². The number of fused-ring (bicyclic) bond motifs is 1. The Bertz CT molecular complexity index is 197. The van der Waals surface area contributed by atoms with E-state index in [1.807, 2.05) is 0 Å². The van der Waals surface area contributed by atoms with Crippen LogP contribution in [0.5, 0.6) is 0 Å². The molecule has 0 spiro atoms. The fraction of sp³-hybridized carbons (Fsp3) is 0.909. The van der Waals surface area contributed by atoms with Gasteiger partial charge in [-0.05, 0) is 37.0 Å². The molecular formula is C11H18O. The Morgan fingerprint density at radius 2 is 1.83 bits per heavy atom. The first kappa shape index (κ1) is 8.28. The highest BCUT2D eigenvalue weighted by Gasteiger charge is 2.43. The third kappa shape index (κ3) is 1.10. The second kappa shape index (κ2) is 2.86. The molecule has 0 aromatic carbocycles. The minimum absolute atomic E-state index is 0.439. The molecule has 0 bridgehead atoms. The molecule has 0 radical (unpaired) electrons. The zero-order valence-electron chi connectivity index (χ0n) is 8.05. The summed E-state index contributed by atoms with van der Waals surface area (Å²) >= 11 is 0. The molecule has 2 rings (SSSR count). The number of carbonyl (C=O) groups is 1. The number of carbonyl (C=O) groups excluding carboxylic acids is 1. The van der Waals surface area contributed by atoms with E-state index in [1.54, 1.807) is 0 Å². The lowest BCUT2D eigenvalue weighted by Crippen LogP contribution is -2.32. The van der Waals surface area contributed by atoms with Crippen molar-refractivity contribution in [1.29, 1.82) is 0 Å². The minimum atomic E-state index is 0.439. The molecule has 0 N–H and O–H groups in total. The molecule has 2 aliphatic rings. The maximum Gasteiger partial charge on any atom is 0.136 e. The normalized spacial score (nSPS) is 47.7. The van der Waals surface area contributed by atoms with E-state index in [2.05, 4.69) is 13.8 Å². The molecule has 2 saturated carbocycles. The fourth-order valence-electron chi connectivity index (χ4n) is 3.18. The fourth-order valence-corrected chi connectivity index (χ4v) is 3.18. The zero-order chi connectivity index (χ0) is 8.72. The van der Waals surface area contributed by atoms with Gasteiger partial charge in [0.1, 0.15) is 5.78 Å². The first-order valence-electron chi connectivity index (χ1n) is 5.23. The van der Waals surface area contributed by atoms with Gasteiger partial charge in [-0.3, -0.25) is 4.79 Å². The van der Waals surface area contributed by atoms with Crippen molar-refractivity contribution in [2.45, 2.75) is 39.5 Å². The van der Waals surface area contributed by atoms with Gasteiger partial charge in [0, 0.05) is 12.3 Å². The van der Waals surface area contributed by atoms with Crippen LogP contribution in [0.15, 0.2) is 0 Å². The van der Waals surface area contributed by atoms with E-state index in [0.29, 0.717) is 17.6 Å². The van der Waals surface area contributed by atoms with Crippen LogP contribution < -0.4 is 0 Å². The van der Waals surface area contributed by atoms with Gasteiger partial charge < -0.3 is 0 Å². The number of ketones is 1. The predicted molar refractivity (Wildman–Crippen MR) is 48.8 cm³/mol. The third-order valence-corrected chi connectivity index (χ3v) is 3.98. The van der Waals surface area contributed by atoms with Gasteiger partial charge in [0.25, 0.3) is 0 Å². The summed E-state index contributed by atoms with van der Waals surface area (Å²) in [6, 6.07) is 0. The molecule has 1 heteroatoms. The molecule has 0 saturated heterocycles. The summed E-state index contributed by atoms with van der Waals surface area (Å²) in [5.74, 6) is 3.21. The zero-order valence-corrected chi connectivity index (χ0v) is 8.05. The third-order valence-electron chi connectivity index (χ3n) is 3.98. The molecule has 0 heterocycles. The lowest BCUT2D eigenvalue weighted by Gasteiger charge is -2.31. The van der Waals surface area contributed by atoms with Gasteiger partial charge in [0.2, 0.25) is 0 Å². The van der Waals surface area contributed by atoms with Crippen LogP contribution in [0.4, 0.5) is 0 Å². The van der Waals surface area contributed by atoms with Crippen molar-refractivity contribution < 1.29 is 4.79 Å². The number of hydrogen-bond donors (Lipinski definition) is 0. The Morgan fingerprint density at radius 3 is 2.50 bits per heavy atom. The Hall–Kier alpha value is -0.330. The van der Waals surface area contributed by atoms with Gasteiger partial charge >= 0.3 is 0 Å². The van der Waals surface area contributed by atoms with E-state index >= 15 is 0 Å². The average molecular weight is 166 g/mol. The smallest absolute Gasteiger partial charge is 0.136 e. The summed E-state index contributed by atoms with van der Waals surface area (Å²) in [6.07, 6.45) is 4.59. The van der Waals surface area contributed by atoms with Crippen molar-refractivity contribution in [3.05, 3.63) is 0 Å². The summed E-state index contributed by atoms with van der Waals surface area (Å²) in [5, 5.41) is 0. The van der Waals surface area contributed by atoms with E-state index in [4.69, 9.17) is 0 Å². The Kier molecular flexibility index (Phi) is 1.97. The van der Waals surface area contributed by atoms with Gasteiger partial charge in [-0.15, -0.1) is 0 Å². The molecule has 68 valence electrons. The van der Waals surface area contributed by atoms with Crippen LogP contribution in [0.1, 0.15) is 39.5 Å². The maximum absolute atomic E-state index is 11.6. The summed E-state index contributed by atoms with van der Waals surface area (Å²) in [4.78, 5) is 11.6. The van der Waals surface area contributed by atoms with Gasteiger partial charge in [0.05, 0.1) is 0 Å². The van der Waals surface area contributed by atoms with Crippen molar-refractivity contribution in [2.75, 3.05) is 0 Å². The average Bonchev–Trinajstić information content (AvgIpc) is 2.42. The summed E-state index contributed by atoms with van der Waals surface area (Å²) in [5.41, 5.74) is 0. The quantitative estimate of drug-likeness (QED) is 0.540. The highest BCUT2D eigenvalue weighted by atomic mass is 16.1. The Balaban J connectivity index is 2.18. The lowest BCUT2D eigenvalue weighted by atomic mass is 9.72. The van der Waals surface area contributed by atoms with E-state index in [1.165, 1.54) is 12.8 Å². The van der Waals surface area contributed by atoms with E-state index in [9.17, 15) is 4.79 Å². The van der Waals surface area contributed by atoms with Crippen LogP contribution in [-0.4, -0.2) is 5.78 Å². The minimum Gasteiger partial charge on any atom is -0.299 e. The van der Waals surface area contributed by atoms with Crippen LogP contribution in [0, 0.1) is 23.7 Å². The van der Waals surface area contributed by atoms with Gasteiger partial charge in [-0.25, -0.2) is 0 Å². The first-order valence-corrected chi connectivity index (χ1v) is 5.23. The van der Waals surface area contributed by atoms with E-state index in [-0.39, 0.29) is 0 Å². The highest BCUT2D eigenvalue weighted by molar-refractivity contribution is 5.82. The second-order valence-electron chi connectivity index (χ2n) is 4.73. The van der Waals surface area contributed by atoms with Crippen LogP contribution >= 0.6 is 0 Å². The van der Waals surface area contributed by atoms with Gasteiger partial charge in [-0.2, -0.15) is 0 Å². The molecule has 4 atom stereocenters. The van der Waals surface area contributed by atoms with Crippen molar-refractivity contribution in [3.8, 4) is 0 Å². The standard InChI is InChI=1S/C11H18O/c1-7-4-6-10(12)11-8(2)3-5-9(7)11/h7-9,11H,3-6H2,1-2H3/t7-,8-,9+,11-/m1/s1. The molecule has 2 fully saturated rings. The van der Waals surface area contributed by atoms with E-state index in [0.717, 1.165) is 24.7 Å². The second-order valence-corrected chi connectivity index (χ2v) is 4.73. The molecule has 0 aromatic rings. The topological polar surface area (TPSA) is 17.1 Å². The van der Waals surface area contributed by atoms with Crippen LogP contribution in [0.2, 0.25) is 0 Å². The largest absolute Gasteiger partial charge is 0.299 e. The lowest BCUT2D eigenvalue weighted by molar-refractivity contribution is -0.128. The SMILES string of the molecule is C[C@@H]1CCC(=O)[C@H]2[C@H]1CC[C@H]2C. The Morgan fingerprint density at radius 1 is 1.08 bits per heavy atom. The molecule has 1 nitrogen and oxygen atoms in total. The predicted octanol–water partition coefficient (Wildman–Crippen LogP) is 2.65. The summed E-state index contributed by atoms with van der Waals surface area (Å²) in [6.45, 7) is 4.57. The summed E-state index contributed by atoms with van der Waals surface area (Å²) < 4.78 is 0. The van der Waals surface area contributed by atoms with Gasteiger partial charge in [-0.1, -0.05) is 13.8 Å².